The van der Waals surface area contributed by atoms with Gasteiger partial charge in [0.15, 0.2) is 0 Å². The Morgan fingerprint density at radius 3 is 2.46 bits per heavy atom. The highest BCUT2D eigenvalue weighted by Crippen LogP contribution is 2.28. The fourth-order valence-electron chi connectivity index (χ4n) is 3.35. The van der Waals surface area contributed by atoms with Crippen LogP contribution in [-0.2, 0) is 0 Å². The van der Waals surface area contributed by atoms with Crippen molar-refractivity contribution in [3.05, 3.63) is 24.3 Å². The molecule has 1 atom stereocenters. The Labute approximate surface area is 158 Å². The Bertz CT molecular complexity index is 554. The summed E-state index contributed by atoms with van der Waals surface area (Å²) in [5.41, 5.74) is 1.12. The summed E-state index contributed by atoms with van der Waals surface area (Å²) in [6.45, 7) is 12.4. The average molecular weight is 362 g/mol. The number of carbonyl (C=O) groups excluding carboxylic acids is 1. The second-order valence-corrected chi connectivity index (χ2v) is 7.55. The minimum absolute atomic E-state index is 0.0693. The minimum atomic E-state index is 0.0693. The molecule has 1 aromatic carbocycles. The number of hydrogen-bond acceptors (Lipinski definition) is 3. The SMILES string of the molecule is CCOc1ccccc1N1CCN(C(=O)NC(C)CCCC(C)C)CC1. The third-order valence-electron chi connectivity index (χ3n) is 4.86. The van der Waals surface area contributed by atoms with Gasteiger partial charge in [-0.05, 0) is 38.3 Å². The van der Waals surface area contributed by atoms with Crippen LogP contribution in [0, 0.1) is 5.92 Å². The van der Waals surface area contributed by atoms with E-state index in [2.05, 4.69) is 37.1 Å². The normalized spacial score (nSPS) is 15.9. The van der Waals surface area contributed by atoms with Crippen molar-refractivity contribution in [1.82, 2.24) is 10.2 Å². The smallest absolute Gasteiger partial charge is 0.317 e. The fourth-order valence-corrected chi connectivity index (χ4v) is 3.35. The van der Waals surface area contributed by atoms with Crippen LogP contribution in [0.5, 0.6) is 5.75 Å². The van der Waals surface area contributed by atoms with Gasteiger partial charge in [-0.25, -0.2) is 4.79 Å². The number of rotatable bonds is 8. The number of benzene rings is 1. The maximum absolute atomic E-state index is 12.5. The molecule has 5 heteroatoms. The first-order chi connectivity index (χ1) is 12.5. The summed E-state index contributed by atoms with van der Waals surface area (Å²) in [6.07, 6.45) is 3.44. The molecule has 2 rings (SSSR count). The summed E-state index contributed by atoms with van der Waals surface area (Å²) in [6, 6.07) is 8.45. The van der Waals surface area contributed by atoms with E-state index in [-0.39, 0.29) is 12.1 Å². The number of nitrogens with one attached hydrogen (secondary N) is 1. The molecule has 0 bridgehead atoms. The average Bonchev–Trinajstić information content (AvgIpc) is 2.62. The van der Waals surface area contributed by atoms with E-state index in [1.54, 1.807) is 0 Å². The molecule has 1 N–H and O–H groups in total. The number of piperazine rings is 1. The lowest BCUT2D eigenvalue weighted by molar-refractivity contribution is 0.190. The van der Waals surface area contributed by atoms with Crippen LogP contribution >= 0.6 is 0 Å². The van der Waals surface area contributed by atoms with E-state index in [9.17, 15) is 4.79 Å². The molecule has 1 aliphatic rings. The van der Waals surface area contributed by atoms with Crippen LogP contribution in [0.2, 0.25) is 0 Å². The van der Waals surface area contributed by atoms with Gasteiger partial charge in [-0.15, -0.1) is 0 Å². The summed E-state index contributed by atoms with van der Waals surface area (Å²) in [7, 11) is 0. The molecule has 0 saturated carbocycles. The van der Waals surface area contributed by atoms with Gasteiger partial charge >= 0.3 is 6.03 Å². The highest BCUT2D eigenvalue weighted by Gasteiger charge is 2.23. The van der Waals surface area contributed by atoms with Crippen molar-refractivity contribution in [1.29, 1.82) is 0 Å². The quantitative estimate of drug-likeness (QED) is 0.757. The third kappa shape index (κ3) is 6.11. The minimum Gasteiger partial charge on any atom is -0.492 e. The summed E-state index contributed by atoms with van der Waals surface area (Å²) in [5.74, 6) is 1.65. The summed E-state index contributed by atoms with van der Waals surface area (Å²) in [5, 5.41) is 3.15. The first-order valence-electron chi connectivity index (χ1n) is 10.0. The van der Waals surface area contributed by atoms with E-state index in [1.807, 2.05) is 30.0 Å². The molecular weight excluding hydrogens is 326 g/mol. The molecule has 1 saturated heterocycles. The third-order valence-corrected chi connectivity index (χ3v) is 4.86. The van der Waals surface area contributed by atoms with Crippen LogP contribution in [0.15, 0.2) is 24.3 Å². The molecule has 1 aliphatic heterocycles. The Hall–Kier alpha value is -1.91. The number of carbonyl (C=O) groups is 1. The number of nitrogens with zero attached hydrogens (tertiary/aromatic N) is 2. The van der Waals surface area contributed by atoms with E-state index in [0.717, 1.165) is 50.0 Å². The van der Waals surface area contributed by atoms with Crippen molar-refractivity contribution in [3.8, 4) is 5.75 Å². The van der Waals surface area contributed by atoms with Gasteiger partial charge in [0.1, 0.15) is 5.75 Å². The van der Waals surface area contributed by atoms with Gasteiger partial charge in [0.05, 0.1) is 12.3 Å². The molecule has 0 aromatic heterocycles. The van der Waals surface area contributed by atoms with Crippen molar-refractivity contribution in [2.45, 2.75) is 53.0 Å². The van der Waals surface area contributed by atoms with E-state index in [4.69, 9.17) is 4.74 Å². The number of hydrogen-bond donors (Lipinski definition) is 1. The van der Waals surface area contributed by atoms with Crippen LogP contribution in [0.3, 0.4) is 0 Å². The van der Waals surface area contributed by atoms with Gasteiger partial charge in [0, 0.05) is 32.2 Å². The maximum atomic E-state index is 12.5. The van der Waals surface area contributed by atoms with Crippen molar-refractivity contribution in [3.63, 3.8) is 0 Å². The van der Waals surface area contributed by atoms with Crippen molar-refractivity contribution >= 4 is 11.7 Å². The summed E-state index contributed by atoms with van der Waals surface area (Å²) >= 11 is 0. The zero-order valence-corrected chi connectivity index (χ0v) is 16.8. The summed E-state index contributed by atoms with van der Waals surface area (Å²) < 4.78 is 5.74. The molecule has 1 heterocycles. The topological polar surface area (TPSA) is 44.8 Å². The number of amides is 2. The van der Waals surface area contributed by atoms with Crippen LogP contribution in [0.4, 0.5) is 10.5 Å². The Balaban J connectivity index is 1.80. The molecule has 146 valence electrons. The number of para-hydroxylation sites is 2. The maximum Gasteiger partial charge on any atom is 0.317 e. The van der Waals surface area contributed by atoms with Gasteiger partial charge in [0.2, 0.25) is 0 Å². The summed E-state index contributed by atoms with van der Waals surface area (Å²) in [4.78, 5) is 16.7. The Kier molecular flexibility index (Phi) is 8.07. The van der Waals surface area contributed by atoms with Crippen LogP contribution in [0.1, 0.15) is 47.0 Å². The zero-order chi connectivity index (χ0) is 18.9. The van der Waals surface area contributed by atoms with Gasteiger partial charge in [0.25, 0.3) is 0 Å². The fraction of sp³-hybridized carbons (Fsp3) is 0.667. The highest BCUT2D eigenvalue weighted by molar-refractivity contribution is 5.75. The lowest BCUT2D eigenvalue weighted by Gasteiger charge is -2.37. The van der Waals surface area contributed by atoms with E-state index in [1.165, 1.54) is 12.8 Å². The van der Waals surface area contributed by atoms with Gasteiger partial charge < -0.3 is 19.9 Å². The van der Waals surface area contributed by atoms with E-state index >= 15 is 0 Å². The van der Waals surface area contributed by atoms with Gasteiger partial charge in [-0.1, -0.05) is 38.8 Å². The second-order valence-electron chi connectivity index (χ2n) is 7.55. The number of ether oxygens (including phenoxy) is 1. The van der Waals surface area contributed by atoms with Crippen molar-refractivity contribution in [2.75, 3.05) is 37.7 Å². The first-order valence-corrected chi connectivity index (χ1v) is 10.0. The molecule has 1 unspecified atom stereocenters. The van der Waals surface area contributed by atoms with E-state index in [0.29, 0.717) is 6.61 Å². The highest BCUT2D eigenvalue weighted by atomic mass is 16.5. The molecular formula is C21H35N3O2. The van der Waals surface area contributed by atoms with E-state index < -0.39 is 0 Å². The van der Waals surface area contributed by atoms with Crippen molar-refractivity contribution in [2.24, 2.45) is 5.92 Å². The molecule has 2 amide bonds. The molecule has 1 aromatic rings. The number of urea groups is 1. The number of anilines is 1. The predicted molar refractivity (Wildman–Crippen MR) is 108 cm³/mol. The lowest BCUT2D eigenvalue weighted by Crippen LogP contribution is -2.53. The van der Waals surface area contributed by atoms with Crippen LogP contribution in [0.25, 0.3) is 0 Å². The first kappa shape index (κ1) is 20.4. The zero-order valence-electron chi connectivity index (χ0n) is 16.8. The predicted octanol–water partition coefficient (Wildman–Crippen LogP) is 4.13. The van der Waals surface area contributed by atoms with Crippen LogP contribution in [-0.4, -0.2) is 49.8 Å². The lowest BCUT2D eigenvalue weighted by atomic mass is 10.0. The largest absolute Gasteiger partial charge is 0.492 e. The standard InChI is InChI=1S/C21H35N3O2/c1-5-26-20-12-7-6-11-19(20)23-13-15-24(16-14-23)21(25)22-18(4)10-8-9-17(2)3/h6-7,11-12,17-18H,5,8-10,13-16H2,1-4H3,(H,22,25). The molecule has 0 radical (unpaired) electrons. The van der Waals surface area contributed by atoms with Gasteiger partial charge in [-0.3, -0.25) is 0 Å². The second kappa shape index (κ2) is 10.3. The van der Waals surface area contributed by atoms with Gasteiger partial charge in [-0.2, -0.15) is 0 Å². The molecule has 5 nitrogen and oxygen atoms in total. The Morgan fingerprint density at radius 2 is 1.81 bits per heavy atom. The van der Waals surface area contributed by atoms with Crippen molar-refractivity contribution < 1.29 is 9.53 Å². The molecule has 0 spiro atoms. The monoisotopic (exact) mass is 361 g/mol. The molecule has 0 aliphatic carbocycles. The molecule has 1 fully saturated rings. The Morgan fingerprint density at radius 1 is 1.12 bits per heavy atom. The molecule has 26 heavy (non-hydrogen) atoms. The van der Waals surface area contributed by atoms with Crippen LogP contribution < -0.4 is 15.0 Å².